The van der Waals surface area contributed by atoms with E-state index in [1.165, 1.54) is 81.6 Å². The Kier molecular flexibility index (Phi) is 29.3. The summed E-state index contributed by atoms with van der Waals surface area (Å²) in [7, 11) is -2.69. The number of phenolic OH excluding ortho intramolecular Hbond substituents is 3. The number of aliphatic hydroxyl groups excluding tert-OH is 6. The first-order valence-electron chi connectivity index (χ1n) is 39.1. The van der Waals surface area contributed by atoms with Crippen LogP contribution in [0.15, 0.2) is 132 Å². The van der Waals surface area contributed by atoms with Gasteiger partial charge in [-0.1, -0.05) is 90.6 Å². The molecule has 38 nitrogen and oxygen atoms in total. The van der Waals surface area contributed by atoms with Crippen molar-refractivity contribution in [2.75, 3.05) is 31.5 Å². The van der Waals surface area contributed by atoms with Crippen LogP contribution in [0.5, 0.6) is 46.0 Å². The lowest BCUT2D eigenvalue weighted by atomic mass is 9.86. The van der Waals surface area contributed by atoms with Crippen LogP contribution in [0.4, 0.5) is 5.69 Å². The van der Waals surface area contributed by atoms with E-state index in [2.05, 4.69) is 52.6 Å². The Morgan fingerprint density at radius 1 is 0.675 bits per heavy atom. The fourth-order valence-corrected chi connectivity index (χ4v) is 17.1. The minimum Gasteiger partial charge on any atom is -0.508 e. The van der Waals surface area contributed by atoms with Crippen molar-refractivity contribution >= 4 is 121 Å². The summed E-state index contributed by atoms with van der Waals surface area (Å²) in [6.07, 6.45) is -16.4. The summed E-state index contributed by atoms with van der Waals surface area (Å²) >= 11 is 26.4. The molecule has 2 fully saturated rings. The van der Waals surface area contributed by atoms with Gasteiger partial charge in [-0.15, -0.1) is 0 Å². The van der Waals surface area contributed by atoms with Crippen LogP contribution in [0, 0.1) is 5.92 Å². The smallest absolute Gasteiger partial charge is 0.263 e. The van der Waals surface area contributed by atoms with Gasteiger partial charge >= 0.3 is 0 Å². The molecule has 0 aromatic heterocycles. The zero-order chi connectivity index (χ0) is 91.4. The van der Waals surface area contributed by atoms with Gasteiger partial charge < -0.3 is 134 Å². The van der Waals surface area contributed by atoms with Crippen molar-refractivity contribution in [2.24, 2.45) is 17.4 Å². The molecule has 3 unspecified atom stereocenters. The molecular weight excluding hydrogens is 1750 g/mol. The molecule has 0 spiro atoms. The molecule has 7 aromatic carbocycles. The van der Waals surface area contributed by atoms with Gasteiger partial charge in [-0.2, -0.15) is 0 Å². The first-order valence-corrected chi connectivity index (χ1v) is 42.1. The van der Waals surface area contributed by atoms with Gasteiger partial charge in [0, 0.05) is 59.0 Å². The van der Waals surface area contributed by atoms with Crippen LogP contribution in [0.1, 0.15) is 111 Å². The summed E-state index contributed by atoms with van der Waals surface area (Å²) in [6, 6.07) is 8.99. The molecule has 2 saturated heterocycles. The van der Waals surface area contributed by atoms with E-state index in [0.717, 1.165) is 72.8 Å². The van der Waals surface area contributed by atoms with Gasteiger partial charge in [-0.3, -0.25) is 47.9 Å². The van der Waals surface area contributed by atoms with E-state index in [-0.39, 0.29) is 73.4 Å². The third-order valence-corrected chi connectivity index (χ3v) is 24.0. The van der Waals surface area contributed by atoms with Gasteiger partial charge in [0.25, 0.3) is 10.0 Å². The van der Waals surface area contributed by atoms with E-state index < -0.39 is 260 Å². The van der Waals surface area contributed by atoms with E-state index in [1.807, 2.05) is 13.8 Å². The number of likely N-dealkylation sites (N-methyl/N-ethyl adjacent to an activating group) is 1. The van der Waals surface area contributed by atoms with Gasteiger partial charge in [0.15, 0.2) is 23.9 Å². The molecule has 7 aliphatic heterocycles. The first kappa shape index (κ1) is 93.9. The number of nitrogens with one attached hydrogen (secondary N) is 10. The number of phenols is 3. The van der Waals surface area contributed by atoms with E-state index in [4.69, 9.17) is 86.3 Å². The number of carbonyl (C=O) groups is 9. The SMILES string of the molecule is CN[C@H](CC(C)C)C(=O)N[C@H]1C(=O)N[C@@H](CC(N)=O)C(=O)NC2C(=O)N[C@H]3C(=O)N[C@H](C(=O)NC(C(=O)NCCNC(=O)/C=C/c4ccc(NS(=O)(=O)c5ccc(Cl)cc5Cl)cc4)c4cc(O)cc(O)c4-c4cc3ccc4O)[C@H](O)c3ccc(c(Cl)c3)Oc3cc2cc(c3O[C@@H]2O[C@H](CO)[C@@H](O)[C@H](O)[C@H]2OC2C[C@](C)(N)[C@H](O)[C@H](C)O2)Oc2ccc(cc2Cl)[C@H]1O. The quantitative estimate of drug-likeness (QED) is 0.0363. The zero-order valence-electron chi connectivity index (χ0n) is 67.4. The third-order valence-electron chi connectivity index (χ3n) is 21.3. The average molecular weight is 1850 g/mol. The highest BCUT2D eigenvalue weighted by Crippen LogP contribution is 2.50. The number of fused-ring (bicyclic) bond motifs is 15. The number of hydrogen-bond acceptors (Lipinski definition) is 28. The average Bonchev–Trinajstić information content (AvgIpc) is 0.765. The van der Waals surface area contributed by atoms with Crippen LogP contribution in [0.2, 0.25) is 20.1 Å². The second kappa shape index (κ2) is 39.3. The van der Waals surface area contributed by atoms with Crippen molar-refractivity contribution < 1.29 is 126 Å². The molecule has 7 heterocycles. The van der Waals surface area contributed by atoms with Gasteiger partial charge in [0.1, 0.15) is 100 Å². The standard InChI is InChI=1S/C83H90Cl4N12O26S/c1-34(2)22-49(90-5)75(111)97-66-68(106)38-10-16-53(46(85)24-38)121-55-26-40-27-56(72(55)125-82-73(71(109)70(108)57(33-100)123-82)124-61-32-83(4,89)74(110)35(3)120-61)122-54-17-11-39(25-47(54)86)69(107)67-81(117)96-65(77(113)92-21-20-91-60(105)19-8-36-6-13-42(14-7-36)99-126(118,119)58-18-12-41(84)28-48(58)87)45-29-43(101)30-52(103)62(45)44-23-37(9-15-51(44)102)63(78(114)98-67)95-79(115)64(40)94-76(112)50(31-59(88)104)93-80(66)116/h6-19,23-30,34-35,49-50,57,61,63-71,73-74,82,90,99-103,106-110H,20-22,31-33,89H2,1-5H3,(H2,88,104)(H,91,105)(H,92,113)(H,93,116)(H,94,112)(H,95,115)(H,96,117)(H,97,111)(H,98,114)/b19-8+/t35-,49+,50-,57+,61?,63+,64?,65?,66+,67-,68+,69+,70+,71-,73+,74+,82-,83-/m0/s1. The fourth-order valence-electron chi connectivity index (χ4n) is 14.8. The molecule has 14 rings (SSSR count). The summed E-state index contributed by atoms with van der Waals surface area (Å²) in [5.74, 6) is -16.3. The number of rotatable bonds is 21. The predicted molar refractivity (Wildman–Crippen MR) is 450 cm³/mol. The zero-order valence-corrected chi connectivity index (χ0v) is 71.2. The maximum atomic E-state index is 16.3. The molecule has 0 aliphatic carbocycles. The van der Waals surface area contributed by atoms with Crippen LogP contribution in [-0.2, 0) is 67.4 Å². The van der Waals surface area contributed by atoms with Crippen LogP contribution < -0.4 is 78.3 Å². The summed E-state index contributed by atoms with van der Waals surface area (Å²) in [5, 5.41) is 128. The molecular formula is C83H90Cl4N12O26S. The molecule has 7 aromatic rings. The lowest BCUT2D eigenvalue weighted by Gasteiger charge is -2.47. The van der Waals surface area contributed by atoms with Crippen molar-refractivity contribution in [3.8, 4) is 57.1 Å². The summed E-state index contributed by atoms with van der Waals surface area (Å²) in [5.41, 5.74) is 8.67. The normalized spacial score (nSPS) is 26.0. The number of sulfonamides is 1. The highest BCUT2D eigenvalue weighted by Gasteiger charge is 2.52. The Labute approximate surface area is 738 Å². The number of amides is 9. The molecule has 43 heteroatoms. The Morgan fingerprint density at radius 2 is 1.30 bits per heavy atom. The molecule has 0 saturated carbocycles. The lowest BCUT2D eigenvalue weighted by molar-refractivity contribution is -0.333. The maximum Gasteiger partial charge on any atom is 0.263 e. The highest BCUT2D eigenvalue weighted by molar-refractivity contribution is 7.92. The second-order valence-electron chi connectivity index (χ2n) is 31.1. The predicted octanol–water partition coefficient (Wildman–Crippen LogP) is 3.08. The van der Waals surface area contributed by atoms with Crippen LogP contribution >= 0.6 is 46.4 Å². The molecule has 18 atom stereocenters. The van der Waals surface area contributed by atoms with E-state index in [0.29, 0.717) is 5.56 Å². The number of primary amides is 1. The number of benzene rings is 7. The molecule has 7 aliphatic rings. The van der Waals surface area contributed by atoms with Crippen molar-refractivity contribution in [2.45, 2.75) is 161 Å². The Morgan fingerprint density at radius 3 is 1.92 bits per heavy atom. The minimum atomic E-state index is -4.16. The van der Waals surface area contributed by atoms with Gasteiger partial charge in [0.05, 0.1) is 46.3 Å². The third kappa shape index (κ3) is 21.4. The number of ether oxygens (including phenoxy) is 6. The van der Waals surface area contributed by atoms with Crippen molar-refractivity contribution in [1.29, 1.82) is 0 Å². The van der Waals surface area contributed by atoms with Crippen molar-refractivity contribution in [3.05, 3.63) is 181 Å². The molecule has 0 radical (unpaired) electrons. The van der Waals surface area contributed by atoms with Gasteiger partial charge in [-0.05, 0) is 158 Å². The molecule has 672 valence electrons. The van der Waals surface area contributed by atoms with Crippen LogP contribution in [0.3, 0.4) is 0 Å². The highest BCUT2D eigenvalue weighted by atomic mass is 35.5. The number of carbonyl (C=O) groups excluding carboxylic acids is 9. The van der Waals surface area contributed by atoms with Crippen LogP contribution in [-0.4, -0.2) is 213 Å². The summed E-state index contributed by atoms with van der Waals surface area (Å²) in [6.45, 7) is 4.85. The van der Waals surface area contributed by atoms with Gasteiger partial charge in [0.2, 0.25) is 65.2 Å². The van der Waals surface area contributed by atoms with E-state index in [1.54, 1.807) is 0 Å². The number of nitrogens with two attached hydrogens (primary N) is 2. The van der Waals surface area contributed by atoms with Crippen molar-refractivity contribution in [3.63, 3.8) is 0 Å². The second-order valence-corrected chi connectivity index (χ2v) is 34.4. The first-order chi connectivity index (χ1) is 59.6. The van der Waals surface area contributed by atoms with Crippen molar-refractivity contribution in [1.82, 2.24) is 47.9 Å². The maximum absolute atomic E-state index is 16.3. The number of hydrogen-bond donors (Lipinski definition) is 21. The number of aliphatic hydroxyl groups is 6. The minimum absolute atomic E-state index is 0.116. The number of anilines is 1. The molecule has 126 heavy (non-hydrogen) atoms. The van der Waals surface area contributed by atoms with Gasteiger partial charge in [-0.25, -0.2) is 8.42 Å². The molecule has 11 bridgehead atoms. The Bertz CT molecular complexity index is 5530. The van der Waals surface area contributed by atoms with E-state index in [9.17, 15) is 78.3 Å². The number of aromatic hydroxyl groups is 3. The topological polar surface area (TPSA) is 598 Å². The molecule has 9 amide bonds. The largest absolute Gasteiger partial charge is 0.508 e. The number of halogens is 4. The van der Waals surface area contributed by atoms with E-state index >= 15 is 19.2 Å². The fraction of sp³-hybridized carbons (Fsp3) is 0.361. The monoisotopic (exact) mass is 1840 g/mol. The summed E-state index contributed by atoms with van der Waals surface area (Å²) in [4.78, 5) is 134. The summed E-state index contributed by atoms with van der Waals surface area (Å²) < 4.78 is 67.3. The Balaban J connectivity index is 0.972. The Hall–Kier alpha value is -11.2. The lowest BCUT2D eigenvalue weighted by Crippen LogP contribution is -2.64. The van der Waals surface area contributed by atoms with Crippen LogP contribution in [0.25, 0.3) is 17.2 Å². The molecule has 23 N–H and O–H groups in total.